The Labute approximate surface area is 118 Å². The van der Waals surface area contributed by atoms with Crippen LogP contribution in [-0.2, 0) is 6.54 Å². The minimum Gasteiger partial charge on any atom is -0.361 e. The topological polar surface area (TPSA) is 59.0 Å². The Morgan fingerprint density at radius 3 is 2.70 bits per heavy atom. The van der Waals surface area contributed by atoms with Crippen LogP contribution in [0, 0.1) is 13.8 Å². The molecule has 1 aromatic heterocycles. The molecule has 0 saturated heterocycles. The van der Waals surface area contributed by atoms with Crippen LogP contribution in [0.4, 0.5) is 5.69 Å². The van der Waals surface area contributed by atoms with Crippen molar-refractivity contribution in [3.05, 3.63) is 46.8 Å². The van der Waals surface area contributed by atoms with E-state index in [0.717, 1.165) is 29.2 Å². The maximum atomic E-state index is 12.2. The second-order valence-electron chi connectivity index (χ2n) is 5.00. The Morgan fingerprint density at radius 2 is 2.00 bits per heavy atom. The van der Waals surface area contributed by atoms with Gasteiger partial charge in [-0.25, -0.2) is 0 Å². The number of nitrogens with zero attached hydrogens (tertiary/aromatic N) is 2. The van der Waals surface area contributed by atoms with Crippen molar-refractivity contribution in [3.63, 3.8) is 0 Å². The third-order valence-corrected chi connectivity index (χ3v) is 3.77. The molecule has 0 radical (unpaired) electrons. The van der Waals surface area contributed by atoms with Gasteiger partial charge in [-0.15, -0.1) is 0 Å². The fraction of sp³-hybridized carbons (Fsp3) is 0.333. The molecule has 2 N–H and O–H groups in total. The maximum absolute atomic E-state index is 12.2. The first kappa shape index (κ1) is 12.7. The summed E-state index contributed by atoms with van der Waals surface area (Å²) in [4.78, 5) is 12.2. The van der Waals surface area contributed by atoms with E-state index in [0.29, 0.717) is 5.56 Å². The summed E-state index contributed by atoms with van der Waals surface area (Å²) in [5.41, 5.74) is 4.63. The molecule has 1 atom stereocenters. The predicted octanol–water partition coefficient (Wildman–Crippen LogP) is 2.37. The highest BCUT2D eigenvalue weighted by Crippen LogP contribution is 2.29. The number of hydrogen-bond acceptors (Lipinski definition) is 3. The zero-order chi connectivity index (χ0) is 14.3. The highest BCUT2D eigenvalue weighted by atomic mass is 16.2. The lowest BCUT2D eigenvalue weighted by Gasteiger charge is -2.28. The minimum absolute atomic E-state index is 0.0487. The van der Waals surface area contributed by atoms with E-state index in [9.17, 15) is 4.79 Å². The molecule has 0 fully saturated rings. The third-order valence-electron chi connectivity index (χ3n) is 3.77. The zero-order valence-electron chi connectivity index (χ0n) is 11.9. The van der Waals surface area contributed by atoms with E-state index in [1.54, 1.807) is 0 Å². The number of rotatable bonds is 2. The molecule has 0 saturated carbocycles. The van der Waals surface area contributed by atoms with Gasteiger partial charge in [0.25, 0.3) is 5.91 Å². The van der Waals surface area contributed by atoms with Gasteiger partial charge in [0.2, 0.25) is 0 Å². The summed E-state index contributed by atoms with van der Waals surface area (Å²) in [6.45, 7) is 6.89. The van der Waals surface area contributed by atoms with Crippen LogP contribution < -0.4 is 10.6 Å². The monoisotopic (exact) mass is 270 g/mol. The minimum atomic E-state index is -0.224. The van der Waals surface area contributed by atoms with Crippen molar-refractivity contribution in [2.45, 2.75) is 33.5 Å². The molecule has 1 amide bonds. The van der Waals surface area contributed by atoms with Crippen molar-refractivity contribution in [2.24, 2.45) is 0 Å². The van der Waals surface area contributed by atoms with Gasteiger partial charge in [0.1, 0.15) is 6.17 Å². The van der Waals surface area contributed by atoms with Crippen LogP contribution in [0.1, 0.15) is 40.4 Å². The number of carbonyl (C=O) groups is 1. The average Bonchev–Trinajstić information content (AvgIpc) is 2.73. The molecule has 1 aliphatic heterocycles. The van der Waals surface area contributed by atoms with E-state index in [1.165, 1.54) is 0 Å². The van der Waals surface area contributed by atoms with Gasteiger partial charge < -0.3 is 10.6 Å². The van der Waals surface area contributed by atoms with E-state index >= 15 is 0 Å². The lowest BCUT2D eigenvalue weighted by atomic mass is 10.0. The Balaban J connectivity index is 2.02. The van der Waals surface area contributed by atoms with Gasteiger partial charge in [-0.2, -0.15) is 5.10 Å². The summed E-state index contributed by atoms with van der Waals surface area (Å²) in [7, 11) is 0. The molecular formula is C15H18N4O. The van der Waals surface area contributed by atoms with Gasteiger partial charge in [0, 0.05) is 23.5 Å². The molecule has 1 aromatic carbocycles. The number of benzene rings is 1. The first-order chi connectivity index (χ1) is 9.61. The molecule has 0 aliphatic carbocycles. The molecule has 5 heteroatoms. The van der Waals surface area contributed by atoms with E-state index in [1.807, 2.05) is 42.8 Å². The molecule has 104 valence electrons. The van der Waals surface area contributed by atoms with Crippen LogP contribution >= 0.6 is 0 Å². The number of carbonyl (C=O) groups excluding carboxylic acids is 1. The van der Waals surface area contributed by atoms with E-state index in [4.69, 9.17) is 0 Å². The first-order valence-corrected chi connectivity index (χ1v) is 6.82. The molecular weight excluding hydrogens is 252 g/mol. The molecule has 0 spiro atoms. The van der Waals surface area contributed by atoms with E-state index < -0.39 is 0 Å². The normalized spacial score (nSPS) is 17.4. The predicted molar refractivity (Wildman–Crippen MR) is 77.6 cm³/mol. The number of amides is 1. The van der Waals surface area contributed by atoms with Crippen molar-refractivity contribution in [1.82, 2.24) is 15.1 Å². The van der Waals surface area contributed by atoms with Gasteiger partial charge in [-0.1, -0.05) is 12.1 Å². The number of fused-ring (bicyclic) bond motifs is 1. The van der Waals surface area contributed by atoms with Crippen molar-refractivity contribution >= 4 is 11.6 Å². The summed E-state index contributed by atoms with van der Waals surface area (Å²) in [6.07, 6.45) is -0.224. The number of anilines is 1. The molecule has 1 aliphatic rings. The standard InChI is InChI=1S/C15H18N4O/c1-4-19-10(3)13(9(2)18-19)14-16-12-8-6-5-7-11(12)15(20)17-14/h5-8,14,16H,4H2,1-3H3,(H,17,20)/t14-/m1/s1. The number of para-hydroxylation sites is 1. The molecule has 3 rings (SSSR count). The highest BCUT2D eigenvalue weighted by molar-refractivity contribution is 6.01. The highest BCUT2D eigenvalue weighted by Gasteiger charge is 2.28. The van der Waals surface area contributed by atoms with Crippen LogP contribution in [0.15, 0.2) is 24.3 Å². The van der Waals surface area contributed by atoms with Crippen LogP contribution in [-0.4, -0.2) is 15.7 Å². The van der Waals surface area contributed by atoms with Gasteiger partial charge in [0.15, 0.2) is 0 Å². The van der Waals surface area contributed by atoms with Gasteiger partial charge in [-0.3, -0.25) is 9.48 Å². The van der Waals surface area contributed by atoms with Crippen molar-refractivity contribution < 1.29 is 4.79 Å². The SMILES string of the molecule is CCn1nc(C)c([C@H]2NC(=O)c3ccccc3N2)c1C. The zero-order valence-corrected chi connectivity index (χ0v) is 11.9. The first-order valence-electron chi connectivity index (χ1n) is 6.82. The number of aryl methyl sites for hydroxylation is 2. The third kappa shape index (κ3) is 1.86. The van der Waals surface area contributed by atoms with E-state index in [2.05, 4.69) is 22.7 Å². The van der Waals surface area contributed by atoms with Crippen LogP contribution in [0.3, 0.4) is 0 Å². The summed E-state index contributed by atoms with van der Waals surface area (Å²) in [5, 5.41) is 10.9. The largest absolute Gasteiger partial charge is 0.361 e. The summed E-state index contributed by atoms with van der Waals surface area (Å²) in [5.74, 6) is -0.0487. The number of hydrogen-bond donors (Lipinski definition) is 2. The molecule has 2 heterocycles. The second kappa shape index (κ2) is 4.67. The van der Waals surface area contributed by atoms with E-state index in [-0.39, 0.29) is 12.1 Å². The van der Waals surface area contributed by atoms with Gasteiger partial charge >= 0.3 is 0 Å². The summed E-state index contributed by atoms with van der Waals surface area (Å²) < 4.78 is 1.96. The van der Waals surface area contributed by atoms with Crippen LogP contribution in [0.5, 0.6) is 0 Å². The quantitative estimate of drug-likeness (QED) is 0.880. The second-order valence-corrected chi connectivity index (χ2v) is 5.00. The summed E-state index contributed by atoms with van der Waals surface area (Å²) in [6, 6.07) is 7.54. The summed E-state index contributed by atoms with van der Waals surface area (Å²) >= 11 is 0. The van der Waals surface area contributed by atoms with Crippen LogP contribution in [0.2, 0.25) is 0 Å². The van der Waals surface area contributed by atoms with Crippen LogP contribution in [0.25, 0.3) is 0 Å². The smallest absolute Gasteiger partial charge is 0.255 e. The fourth-order valence-electron chi connectivity index (χ4n) is 2.79. The molecule has 5 nitrogen and oxygen atoms in total. The Hall–Kier alpha value is -2.30. The van der Waals surface area contributed by atoms with Crippen molar-refractivity contribution in [1.29, 1.82) is 0 Å². The Bertz CT molecular complexity index is 675. The lowest BCUT2D eigenvalue weighted by Crippen LogP contribution is -2.38. The molecule has 20 heavy (non-hydrogen) atoms. The van der Waals surface area contributed by atoms with Crippen molar-refractivity contribution in [3.8, 4) is 0 Å². The molecule has 0 unspecified atom stereocenters. The molecule has 0 bridgehead atoms. The Morgan fingerprint density at radius 1 is 1.25 bits per heavy atom. The Kier molecular flexibility index (Phi) is 2.97. The fourth-order valence-corrected chi connectivity index (χ4v) is 2.79. The maximum Gasteiger partial charge on any atom is 0.255 e. The number of nitrogens with one attached hydrogen (secondary N) is 2. The van der Waals surface area contributed by atoms with Gasteiger partial charge in [0.05, 0.1) is 11.3 Å². The average molecular weight is 270 g/mol. The lowest BCUT2D eigenvalue weighted by molar-refractivity contribution is 0.0935. The molecule has 2 aromatic rings. The van der Waals surface area contributed by atoms with Gasteiger partial charge in [-0.05, 0) is 32.9 Å². The number of aromatic nitrogens is 2. The van der Waals surface area contributed by atoms with Crippen molar-refractivity contribution in [2.75, 3.05) is 5.32 Å².